The predicted octanol–water partition coefficient (Wildman–Crippen LogP) is 6.01. The maximum absolute atomic E-state index is 12.4. The van der Waals surface area contributed by atoms with Crippen LogP contribution in [0, 0.1) is 6.92 Å². The monoisotopic (exact) mass is 389 g/mol. The molecule has 150 valence electrons. The maximum Gasteiger partial charge on any atom is 0.323 e. The van der Waals surface area contributed by atoms with Crippen molar-refractivity contribution in [2.75, 3.05) is 17.7 Å². The van der Waals surface area contributed by atoms with Crippen LogP contribution < -0.4 is 15.4 Å². The Kier molecular flexibility index (Phi) is 5.87. The number of aryl methyl sites for hydroxylation is 1. The fourth-order valence-corrected chi connectivity index (χ4v) is 3.15. The summed E-state index contributed by atoms with van der Waals surface area (Å²) in [7, 11) is 1.64. The molecule has 0 aliphatic heterocycles. The summed E-state index contributed by atoms with van der Waals surface area (Å²) in [5.74, 6) is 0.757. The molecule has 5 nitrogen and oxygen atoms in total. The third kappa shape index (κ3) is 5.13. The first-order chi connectivity index (χ1) is 13.8. The molecule has 0 aliphatic carbocycles. The summed E-state index contributed by atoms with van der Waals surface area (Å²) in [6.45, 7) is 8.34. The first kappa shape index (κ1) is 20.4. The van der Waals surface area contributed by atoms with Crippen LogP contribution in [0.5, 0.6) is 5.75 Å². The second-order valence-electron chi connectivity index (χ2n) is 8.01. The third-order valence-corrected chi connectivity index (χ3v) is 4.64. The van der Waals surface area contributed by atoms with Gasteiger partial charge in [0.25, 0.3) is 0 Å². The van der Waals surface area contributed by atoms with Crippen LogP contribution in [0.3, 0.4) is 0 Å². The number of hydrogen-bond acceptors (Lipinski definition) is 3. The highest BCUT2D eigenvalue weighted by molar-refractivity contribution is 6.00. The van der Waals surface area contributed by atoms with Crippen molar-refractivity contribution in [3.63, 3.8) is 0 Å². The van der Waals surface area contributed by atoms with Crippen LogP contribution in [0.2, 0.25) is 0 Å². The minimum atomic E-state index is -0.303. The lowest BCUT2D eigenvalue weighted by Crippen LogP contribution is -2.20. The molecule has 1 aromatic heterocycles. The average Bonchev–Trinajstić information content (AvgIpc) is 2.67. The molecule has 0 spiro atoms. The molecule has 0 fully saturated rings. The second kappa shape index (κ2) is 8.35. The standard InChI is InChI=1S/C24H27N3O2/c1-16-14-18(12-13-25-16)17-6-8-19(9-7-17)26-23(28)27-20-10-11-21(24(2,3)4)22(15-20)29-5/h6-15H,1-5H3,(H2,26,27,28). The fraction of sp³-hybridized carbons (Fsp3) is 0.250. The fourth-order valence-electron chi connectivity index (χ4n) is 3.15. The Labute approximate surface area is 172 Å². The smallest absolute Gasteiger partial charge is 0.323 e. The van der Waals surface area contributed by atoms with Crippen LogP contribution >= 0.6 is 0 Å². The lowest BCUT2D eigenvalue weighted by atomic mass is 9.86. The van der Waals surface area contributed by atoms with Gasteiger partial charge in [0.15, 0.2) is 0 Å². The average molecular weight is 389 g/mol. The van der Waals surface area contributed by atoms with Gasteiger partial charge in [-0.1, -0.05) is 39.0 Å². The van der Waals surface area contributed by atoms with E-state index in [-0.39, 0.29) is 11.4 Å². The molecule has 1 heterocycles. The lowest BCUT2D eigenvalue weighted by molar-refractivity contribution is 0.262. The summed E-state index contributed by atoms with van der Waals surface area (Å²) in [6.07, 6.45) is 1.80. The molecular weight excluding hydrogens is 362 g/mol. The van der Waals surface area contributed by atoms with E-state index in [1.165, 1.54) is 0 Å². The number of anilines is 2. The number of amides is 2. The van der Waals surface area contributed by atoms with Gasteiger partial charge in [0.2, 0.25) is 0 Å². The lowest BCUT2D eigenvalue weighted by Gasteiger charge is -2.22. The van der Waals surface area contributed by atoms with Crippen molar-refractivity contribution in [2.24, 2.45) is 0 Å². The number of pyridine rings is 1. The molecule has 3 rings (SSSR count). The van der Waals surface area contributed by atoms with Gasteiger partial charge in [0, 0.05) is 29.3 Å². The van der Waals surface area contributed by atoms with Gasteiger partial charge in [0.1, 0.15) is 5.75 Å². The molecule has 0 unspecified atom stereocenters. The van der Waals surface area contributed by atoms with E-state index in [4.69, 9.17) is 4.74 Å². The van der Waals surface area contributed by atoms with Gasteiger partial charge in [0.05, 0.1) is 7.11 Å². The number of nitrogens with one attached hydrogen (secondary N) is 2. The maximum atomic E-state index is 12.4. The van der Waals surface area contributed by atoms with Gasteiger partial charge < -0.3 is 15.4 Å². The Morgan fingerprint density at radius 2 is 1.55 bits per heavy atom. The highest BCUT2D eigenvalue weighted by Gasteiger charge is 2.19. The van der Waals surface area contributed by atoms with Crippen molar-refractivity contribution in [3.8, 4) is 16.9 Å². The summed E-state index contributed by atoms with van der Waals surface area (Å²) >= 11 is 0. The summed E-state index contributed by atoms with van der Waals surface area (Å²) in [4.78, 5) is 16.6. The molecular formula is C24H27N3O2. The van der Waals surface area contributed by atoms with E-state index in [1.54, 1.807) is 13.3 Å². The van der Waals surface area contributed by atoms with Crippen molar-refractivity contribution in [1.29, 1.82) is 0 Å². The first-order valence-electron chi connectivity index (χ1n) is 9.56. The van der Waals surface area contributed by atoms with Crippen LogP contribution in [-0.2, 0) is 5.41 Å². The predicted molar refractivity (Wildman–Crippen MR) is 119 cm³/mol. The van der Waals surface area contributed by atoms with Gasteiger partial charge in [-0.15, -0.1) is 0 Å². The number of aromatic nitrogens is 1. The zero-order valence-electron chi connectivity index (χ0n) is 17.5. The SMILES string of the molecule is COc1cc(NC(=O)Nc2ccc(-c3ccnc(C)c3)cc2)ccc1C(C)(C)C. The minimum Gasteiger partial charge on any atom is -0.496 e. The molecule has 0 saturated heterocycles. The second-order valence-corrected chi connectivity index (χ2v) is 8.01. The highest BCUT2D eigenvalue weighted by atomic mass is 16.5. The van der Waals surface area contributed by atoms with Crippen LogP contribution in [0.25, 0.3) is 11.1 Å². The molecule has 2 N–H and O–H groups in total. The molecule has 0 aliphatic rings. The summed E-state index contributed by atoms with van der Waals surface area (Å²) in [6, 6.07) is 17.1. The molecule has 3 aromatic rings. The Morgan fingerprint density at radius 1 is 0.897 bits per heavy atom. The molecule has 0 saturated carbocycles. The van der Waals surface area contributed by atoms with Crippen molar-refractivity contribution >= 4 is 17.4 Å². The number of nitrogens with zero attached hydrogens (tertiary/aromatic N) is 1. The summed E-state index contributed by atoms with van der Waals surface area (Å²) in [5.41, 5.74) is 5.58. The Balaban J connectivity index is 1.68. The van der Waals surface area contributed by atoms with Crippen LogP contribution in [0.15, 0.2) is 60.8 Å². The Hall–Kier alpha value is -3.34. The largest absolute Gasteiger partial charge is 0.496 e. The van der Waals surface area contributed by atoms with Crippen molar-refractivity contribution < 1.29 is 9.53 Å². The quantitative estimate of drug-likeness (QED) is 0.574. The number of rotatable bonds is 4. The van der Waals surface area contributed by atoms with Crippen molar-refractivity contribution in [2.45, 2.75) is 33.1 Å². The van der Waals surface area contributed by atoms with E-state index < -0.39 is 0 Å². The van der Waals surface area contributed by atoms with Gasteiger partial charge in [-0.05, 0) is 59.4 Å². The Bertz CT molecular complexity index is 1010. The Morgan fingerprint density at radius 3 is 2.17 bits per heavy atom. The van der Waals surface area contributed by atoms with Gasteiger partial charge in [-0.2, -0.15) is 0 Å². The van der Waals surface area contributed by atoms with E-state index in [9.17, 15) is 4.79 Å². The van der Waals surface area contributed by atoms with Gasteiger partial charge in [-0.3, -0.25) is 4.98 Å². The molecule has 0 atom stereocenters. The summed E-state index contributed by atoms with van der Waals surface area (Å²) in [5, 5.41) is 5.72. The van der Waals surface area contributed by atoms with E-state index in [0.29, 0.717) is 5.69 Å². The van der Waals surface area contributed by atoms with Crippen LogP contribution in [0.4, 0.5) is 16.2 Å². The van der Waals surface area contributed by atoms with Crippen LogP contribution in [-0.4, -0.2) is 18.1 Å². The normalized spacial score (nSPS) is 11.1. The van der Waals surface area contributed by atoms with Gasteiger partial charge in [-0.25, -0.2) is 4.79 Å². The van der Waals surface area contributed by atoms with Gasteiger partial charge >= 0.3 is 6.03 Å². The van der Waals surface area contributed by atoms with Crippen LogP contribution in [0.1, 0.15) is 32.0 Å². The van der Waals surface area contributed by atoms with E-state index in [1.807, 2.05) is 61.5 Å². The molecule has 29 heavy (non-hydrogen) atoms. The highest BCUT2D eigenvalue weighted by Crippen LogP contribution is 2.33. The molecule has 5 heteroatoms. The molecule has 2 aromatic carbocycles. The number of urea groups is 1. The van der Waals surface area contributed by atoms with E-state index in [2.05, 4.69) is 36.4 Å². The number of hydrogen-bond donors (Lipinski definition) is 2. The zero-order valence-corrected chi connectivity index (χ0v) is 17.5. The molecule has 0 radical (unpaired) electrons. The number of ether oxygens (including phenoxy) is 1. The van der Waals surface area contributed by atoms with E-state index >= 15 is 0 Å². The minimum absolute atomic E-state index is 0.0404. The van der Waals surface area contributed by atoms with Crippen molar-refractivity contribution in [1.82, 2.24) is 4.98 Å². The number of benzene rings is 2. The van der Waals surface area contributed by atoms with E-state index in [0.717, 1.165) is 33.8 Å². The topological polar surface area (TPSA) is 63.2 Å². The molecule has 0 bridgehead atoms. The number of methoxy groups -OCH3 is 1. The zero-order chi connectivity index (χ0) is 21.0. The first-order valence-corrected chi connectivity index (χ1v) is 9.56. The third-order valence-electron chi connectivity index (χ3n) is 4.64. The summed E-state index contributed by atoms with van der Waals surface area (Å²) < 4.78 is 5.50. The number of carbonyl (C=O) groups excluding carboxylic acids is 1. The molecule has 2 amide bonds. The number of carbonyl (C=O) groups is 1. The van der Waals surface area contributed by atoms with Crippen molar-refractivity contribution in [3.05, 3.63) is 72.1 Å².